The van der Waals surface area contributed by atoms with Gasteiger partial charge in [0, 0.05) is 49.2 Å². The minimum Gasteiger partial charge on any atom is -0.285 e. The number of aromatic nitrogens is 5. The molecule has 28 heavy (non-hydrogen) atoms. The predicted molar refractivity (Wildman–Crippen MR) is 110 cm³/mol. The van der Waals surface area contributed by atoms with Crippen LogP contribution in [0, 0.1) is 0 Å². The summed E-state index contributed by atoms with van der Waals surface area (Å²) < 4.78 is 3.49. The van der Waals surface area contributed by atoms with Gasteiger partial charge in [-0.15, -0.1) is 0 Å². The predicted octanol–water partition coefficient (Wildman–Crippen LogP) is 3.55. The average Bonchev–Trinajstić information content (AvgIpc) is 2.97. The number of hydrogen-bond donors (Lipinski definition) is 0. The van der Waals surface area contributed by atoms with Gasteiger partial charge in [-0.05, 0) is 18.2 Å². The fraction of sp³-hybridized carbons (Fsp3) is 0.0909. The van der Waals surface area contributed by atoms with Crippen LogP contribution >= 0.6 is 0 Å². The minimum absolute atomic E-state index is 0.0603. The third-order valence-corrected chi connectivity index (χ3v) is 5.16. The van der Waals surface area contributed by atoms with Gasteiger partial charge in [0.25, 0.3) is 5.56 Å². The Bertz CT molecular complexity index is 1410. The highest BCUT2D eigenvalue weighted by molar-refractivity contribution is 5.97. The molecule has 0 saturated heterocycles. The van der Waals surface area contributed by atoms with Crippen molar-refractivity contribution in [3.05, 3.63) is 77.5 Å². The van der Waals surface area contributed by atoms with Crippen molar-refractivity contribution in [2.45, 2.75) is 0 Å². The molecule has 0 saturated carbocycles. The Hall–Kier alpha value is -3.80. The molecule has 6 heteroatoms. The van der Waals surface area contributed by atoms with Crippen molar-refractivity contribution >= 4 is 21.9 Å². The Kier molecular flexibility index (Phi) is 3.58. The van der Waals surface area contributed by atoms with Gasteiger partial charge in [-0.3, -0.25) is 29.1 Å². The maximum atomic E-state index is 13.2. The average molecular weight is 367 g/mol. The van der Waals surface area contributed by atoms with Crippen molar-refractivity contribution in [1.82, 2.24) is 24.3 Å². The van der Waals surface area contributed by atoms with E-state index in [2.05, 4.69) is 15.0 Å². The van der Waals surface area contributed by atoms with E-state index in [1.807, 2.05) is 60.3 Å². The molecule has 0 spiro atoms. The SMILES string of the molecule is Cn1c(-c2ccc3nccnc3c2)c(-c2cccc3cccnc23)c(=O)n1C. The first-order chi connectivity index (χ1) is 13.6. The van der Waals surface area contributed by atoms with E-state index in [0.29, 0.717) is 5.56 Å². The summed E-state index contributed by atoms with van der Waals surface area (Å²) in [5.74, 6) is 0. The summed E-state index contributed by atoms with van der Waals surface area (Å²) in [6.07, 6.45) is 5.10. The minimum atomic E-state index is -0.0603. The van der Waals surface area contributed by atoms with Crippen LogP contribution in [0.2, 0.25) is 0 Å². The number of benzene rings is 2. The molecule has 0 aliphatic heterocycles. The lowest BCUT2D eigenvalue weighted by atomic mass is 9.98. The Balaban J connectivity index is 1.87. The molecule has 3 heterocycles. The maximum Gasteiger partial charge on any atom is 0.275 e. The zero-order chi connectivity index (χ0) is 19.3. The van der Waals surface area contributed by atoms with Gasteiger partial charge in [0.05, 0.1) is 27.8 Å². The highest BCUT2D eigenvalue weighted by Gasteiger charge is 2.21. The fourth-order valence-electron chi connectivity index (χ4n) is 3.70. The van der Waals surface area contributed by atoms with E-state index in [9.17, 15) is 4.79 Å². The van der Waals surface area contributed by atoms with Crippen LogP contribution in [0.1, 0.15) is 0 Å². The lowest BCUT2D eigenvalue weighted by Gasteiger charge is -2.10. The lowest BCUT2D eigenvalue weighted by molar-refractivity contribution is 0.584. The quantitative estimate of drug-likeness (QED) is 0.479. The van der Waals surface area contributed by atoms with Crippen molar-refractivity contribution in [3.63, 3.8) is 0 Å². The number of pyridine rings is 1. The van der Waals surface area contributed by atoms with Crippen LogP contribution in [-0.4, -0.2) is 24.3 Å². The summed E-state index contributed by atoms with van der Waals surface area (Å²) in [5.41, 5.74) is 5.57. The van der Waals surface area contributed by atoms with Gasteiger partial charge in [0.2, 0.25) is 0 Å². The molecule has 0 aliphatic rings. The van der Waals surface area contributed by atoms with Gasteiger partial charge in [0.1, 0.15) is 0 Å². The van der Waals surface area contributed by atoms with E-state index in [0.717, 1.165) is 38.8 Å². The van der Waals surface area contributed by atoms with E-state index in [4.69, 9.17) is 0 Å². The largest absolute Gasteiger partial charge is 0.285 e. The molecule has 0 unspecified atom stereocenters. The number of para-hydroxylation sites is 1. The number of rotatable bonds is 2. The van der Waals surface area contributed by atoms with Crippen molar-refractivity contribution in [3.8, 4) is 22.4 Å². The van der Waals surface area contributed by atoms with Crippen LogP contribution in [0.25, 0.3) is 44.3 Å². The summed E-state index contributed by atoms with van der Waals surface area (Å²) in [4.78, 5) is 26.5. The summed E-state index contributed by atoms with van der Waals surface area (Å²) >= 11 is 0. The molecule has 0 radical (unpaired) electrons. The molecule has 0 fully saturated rings. The highest BCUT2D eigenvalue weighted by atomic mass is 16.1. The van der Waals surface area contributed by atoms with Crippen molar-refractivity contribution in [2.75, 3.05) is 0 Å². The molecule has 0 amide bonds. The van der Waals surface area contributed by atoms with Crippen LogP contribution in [0.15, 0.2) is 71.9 Å². The molecule has 0 bridgehead atoms. The molecule has 2 aromatic carbocycles. The molecular weight excluding hydrogens is 350 g/mol. The first-order valence-electron chi connectivity index (χ1n) is 8.96. The van der Waals surface area contributed by atoms with Crippen LogP contribution < -0.4 is 5.56 Å². The molecule has 5 aromatic rings. The van der Waals surface area contributed by atoms with Gasteiger partial charge in [-0.2, -0.15) is 0 Å². The number of hydrogen-bond acceptors (Lipinski definition) is 4. The summed E-state index contributed by atoms with van der Waals surface area (Å²) in [6.45, 7) is 0. The maximum absolute atomic E-state index is 13.2. The fourth-order valence-corrected chi connectivity index (χ4v) is 3.70. The second-order valence-corrected chi connectivity index (χ2v) is 6.72. The highest BCUT2D eigenvalue weighted by Crippen LogP contribution is 2.34. The molecule has 136 valence electrons. The molecule has 3 aromatic heterocycles. The lowest BCUT2D eigenvalue weighted by Crippen LogP contribution is -2.17. The van der Waals surface area contributed by atoms with Crippen molar-refractivity contribution in [1.29, 1.82) is 0 Å². The van der Waals surface area contributed by atoms with Crippen LogP contribution in [0.3, 0.4) is 0 Å². The Morgan fingerprint density at radius 3 is 2.43 bits per heavy atom. The number of nitrogens with zero attached hydrogens (tertiary/aromatic N) is 5. The van der Waals surface area contributed by atoms with Gasteiger partial charge in [0.15, 0.2) is 0 Å². The van der Waals surface area contributed by atoms with E-state index in [1.165, 1.54) is 0 Å². The zero-order valence-corrected chi connectivity index (χ0v) is 15.5. The molecule has 0 atom stereocenters. The first-order valence-corrected chi connectivity index (χ1v) is 8.96. The zero-order valence-electron chi connectivity index (χ0n) is 15.5. The Morgan fingerprint density at radius 1 is 0.786 bits per heavy atom. The van der Waals surface area contributed by atoms with Crippen LogP contribution in [-0.2, 0) is 14.1 Å². The Morgan fingerprint density at radius 2 is 1.57 bits per heavy atom. The molecular formula is C22H17N5O. The Labute approximate surface area is 160 Å². The standard InChI is InChI=1S/C22H17N5O/c1-26-21(15-8-9-17-18(13-15)24-12-11-23-17)19(22(28)27(26)2)16-7-3-5-14-6-4-10-25-20(14)16/h3-13H,1-2H3. The normalized spacial score (nSPS) is 11.4. The molecule has 6 nitrogen and oxygen atoms in total. The van der Waals surface area contributed by atoms with Gasteiger partial charge in [-0.1, -0.05) is 30.3 Å². The molecule has 5 rings (SSSR count). The second kappa shape index (κ2) is 6.13. The monoisotopic (exact) mass is 367 g/mol. The second-order valence-electron chi connectivity index (χ2n) is 6.72. The molecule has 0 aliphatic carbocycles. The van der Waals surface area contributed by atoms with E-state index in [-0.39, 0.29) is 5.56 Å². The van der Waals surface area contributed by atoms with Crippen molar-refractivity contribution < 1.29 is 0 Å². The summed E-state index contributed by atoms with van der Waals surface area (Å²) in [7, 11) is 3.66. The smallest absolute Gasteiger partial charge is 0.275 e. The molecule has 0 N–H and O–H groups in total. The summed E-state index contributed by atoms with van der Waals surface area (Å²) in [6, 6.07) is 15.7. The van der Waals surface area contributed by atoms with Crippen LogP contribution in [0.4, 0.5) is 0 Å². The van der Waals surface area contributed by atoms with E-state index >= 15 is 0 Å². The van der Waals surface area contributed by atoms with Crippen molar-refractivity contribution in [2.24, 2.45) is 14.1 Å². The summed E-state index contributed by atoms with van der Waals surface area (Å²) in [5, 5.41) is 1.00. The van der Waals surface area contributed by atoms with Gasteiger partial charge in [-0.25, -0.2) is 0 Å². The van der Waals surface area contributed by atoms with E-state index < -0.39 is 0 Å². The van der Waals surface area contributed by atoms with E-state index in [1.54, 1.807) is 30.3 Å². The van der Waals surface area contributed by atoms with Gasteiger partial charge < -0.3 is 0 Å². The van der Waals surface area contributed by atoms with Crippen LogP contribution in [0.5, 0.6) is 0 Å². The van der Waals surface area contributed by atoms with Gasteiger partial charge >= 0.3 is 0 Å². The first kappa shape index (κ1) is 16.4. The third-order valence-electron chi connectivity index (χ3n) is 5.16. The number of fused-ring (bicyclic) bond motifs is 2. The topological polar surface area (TPSA) is 65.6 Å². The third kappa shape index (κ3) is 2.35.